The average Bonchev–Trinajstić information content (AvgIpc) is 2.39. The molecule has 0 saturated heterocycles. The van der Waals surface area contributed by atoms with E-state index in [0.29, 0.717) is 11.5 Å². The fourth-order valence-corrected chi connectivity index (χ4v) is 1.60. The number of para-hydroxylation sites is 1. The molecule has 0 N–H and O–H groups in total. The van der Waals surface area contributed by atoms with Crippen LogP contribution < -0.4 is 4.74 Å². The zero-order chi connectivity index (χ0) is 13.0. The van der Waals surface area contributed by atoms with Crippen LogP contribution in [0.4, 0.5) is 4.39 Å². The lowest BCUT2D eigenvalue weighted by atomic mass is 10.1. The molecule has 0 aliphatic rings. The second kappa shape index (κ2) is 5.45. The third-order valence-electron chi connectivity index (χ3n) is 2.54. The Hall–Kier alpha value is -2.16. The molecule has 0 spiro atoms. The van der Waals surface area contributed by atoms with Crippen molar-refractivity contribution >= 4 is 5.78 Å². The second-order valence-electron chi connectivity index (χ2n) is 3.83. The number of ketones is 1. The molecule has 2 rings (SSSR count). The Bertz CT molecular complexity index is 550. The topological polar surface area (TPSA) is 26.3 Å². The first-order valence-corrected chi connectivity index (χ1v) is 5.76. The van der Waals surface area contributed by atoms with Crippen molar-refractivity contribution in [3.8, 4) is 11.5 Å². The lowest BCUT2D eigenvalue weighted by molar-refractivity contribution is 0.0984. The maximum absolute atomic E-state index is 13.7. The van der Waals surface area contributed by atoms with Crippen molar-refractivity contribution in [3.05, 3.63) is 59.9 Å². The number of carbonyl (C=O) groups excluding carboxylic acids is 1. The zero-order valence-corrected chi connectivity index (χ0v) is 10.0. The molecule has 0 aliphatic carbocycles. The highest BCUT2D eigenvalue weighted by Crippen LogP contribution is 2.23. The fraction of sp³-hybridized carbons (Fsp3) is 0.133. The molecular formula is C15H13FO2. The summed E-state index contributed by atoms with van der Waals surface area (Å²) in [6, 6.07) is 13.4. The van der Waals surface area contributed by atoms with Gasteiger partial charge in [-0.2, -0.15) is 0 Å². The summed E-state index contributed by atoms with van der Waals surface area (Å²) < 4.78 is 19.2. The molecule has 0 amide bonds. The van der Waals surface area contributed by atoms with Crippen molar-refractivity contribution in [3.63, 3.8) is 0 Å². The van der Waals surface area contributed by atoms with Gasteiger partial charge in [-0.05, 0) is 24.3 Å². The maximum Gasteiger partial charge on any atom is 0.165 e. The van der Waals surface area contributed by atoms with Gasteiger partial charge < -0.3 is 4.74 Å². The molecule has 3 heteroatoms. The Kier molecular flexibility index (Phi) is 3.72. The normalized spacial score (nSPS) is 10.1. The molecule has 92 valence electrons. The predicted octanol–water partition coefficient (Wildman–Crippen LogP) is 4.21. The third-order valence-corrected chi connectivity index (χ3v) is 2.54. The molecule has 0 fully saturated rings. The summed E-state index contributed by atoms with van der Waals surface area (Å²) in [4.78, 5) is 11.4. The first-order chi connectivity index (χ1) is 8.70. The predicted molar refractivity (Wildman–Crippen MR) is 67.5 cm³/mol. The Morgan fingerprint density at radius 3 is 2.44 bits per heavy atom. The van der Waals surface area contributed by atoms with Gasteiger partial charge in [-0.25, -0.2) is 4.39 Å². The van der Waals surface area contributed by atoms with Crippen molar-refractivity contribution < 1.29 is 13.9 Å². The molecule has 0 aliphatic heterocycles. The Morgan fingerprint density at radius 2 is 1.83 bits per heavy atom. The number of Topliss-reactive ketones (excluding diaryl/α,β-unsaturated/α-hetero) is 1. The standard InChI is InChI=1S/C15H13FO2/c1-2-15(17)13-9-8-12(10-14(13)16)18-11-6-4-3-5-7-11/h3-10H,2H2,1H3. The van der Waals surface area contributed by atoms with Gasteiger partial charge in [0.2, 0.25) is 0 Å². The molecule has 2 aromatic rings. The second-order valence-corrected chi connectivity index (χ2v) is 3.83. The van der Waals surface area contributed by atoms with E-state index in [1.807, 2.05) is 18.2 Å². The Morgan fingerprint density at radius 1 is 1.11 bits per heavy atom. The smallest absolute Gasteiger partial charge is 0.165 e. The van der Waals surface area contributed by atoms with E-state index in [2.05, 4.69) is 0 Å². The molecule has 18 heavy (non-hydrogen) atoms. The number of hydrogen-bond acceptors (Lipinski definition) is 2. The van der Waals surface area contributed by atoms with Crippen LogP contribution in [-0.2, 0) is 0 Å². The molecule has 0 atom stereocenters. The molecule has 2 aromatic carbocycles. The van der Waals surface area contributed by atoms with Crippen molar-refractivity contribution in [1.82, 2.24) is 0 Å². The van der Waals surface area contributed by atoms with Gasteiger partial charge in [-0.15, -0.1) is 0 Å². The monoisotopic (exact) mass is 244 g/mol. The quantitative estimate of drug-likeness (QED) is 0.753. The summed E-state index contributed by atoms with van der Waals surface area (Å²) in [6.07, 6.45) is 0.288. The van der Waals surface area contributed by atoms with Crippen LogP contribution in [0, 0.1) is 5.82 Å². The Labute approximate surface area is 105 Å². The van der Waals surface area contributed by atoms with Gasteiger partial charge in [0.05, 0.1) is 5.56 Å². The van der Waals surface area contributed by atoms with E-state index in [1.54, 1.807) is 25.1 Å². The van der Waals surface area contributed by atoms with Crippen molar-refractivity contribution in [2.45, 2.75) is 13.3 Å². The summed E-state index contributed by atoms with van der Waals surface area (Å²) in [7, 11) is 0. The van der Waals surface area contributed by atoms with Crippen LogP contribution in [-0.4, -0.2) is 5.78 Å². The lowest BCUT2D eigenvalue weighted by Gasteiger charge is -2.07. The number of carbonyl (C=O) groups is 1. The van der Waals surface area contributed by atoms with E-state index in [0.717, 1.165) is 0 Å². The van der Waals surface area contributed by atoms with E-state index >= 15 is 0 Å². The highest BCUT2D eigenvalue weighted by atomic mass is 19.1. The van der Waals surface area contributed by atoms with Gasteiger partial charge >= 0.3 is 0 Å². The number of halogens is 1. The SMILES string of the molecule is CCC(=O)c1ccc(Oc2ccccc2)cc1F. The number of hydrogen-bond donors (Lipinski definition) is 0. The zero-order valence-electron chi connectivity index (χ0n) is 10.0. The van der Waals surface area contributed by atoms with Gasteiger partial charge in [-0.3, -0.25) is 4.79 Å². The summed E-state index contributed by atoms with van der Waals surface area (Å²) in [6.45, 7) is 1.70. The van der Waals surface area contributed by atoms with Crippen LogP contribution in [0.5, 0.6) is 11.5 Å². The van der Waals surface area contributed by atoms with Gasteiger partial charge in [0, 0.05) is 12.5 Å². The molecule has 0 aromatic heterocycles. The first-order valence-electron chi connectivity index (χ1n) is 5.76. The minimum absolute atomic E-state index is 0.109. The van der Waals surface area contributed by atoms with E-state index in [-0.39, 0.29) is 17.8 Å². The molecular weight excluding hydrogens is 231 g/mol. The summed E-state index contributed by atoms with van der Waals surface area (Å²) >= 11 is 0. The van der Waals surface area contributed by atoms with Gasteiger partial charge in [0.25, 0.3) is 0 Å². The number of benzene rings is 2. The molecule has 0 heterocycles. The van der Waals surface area contributed by atoms with Crippen LogP contribution in [0.2, 0.25) is 0 Å². The van der Waals surface area contributed by atoms with Gasteiger partial charge in [-0.1, -0.05) is 25.1 Å². The third kappa shape index (κ3) is 2.74. The summed E-state index contributed by atoms with van der Waals surface area (Å²) in [5.74, 6) is 0.256. The van der Waals surface area contributed by atoms with Gasteiger partial charge in [0.1, 0.15) is 17.3 Å². The largest absolute Gasteiger partial charge is 0.457 e. The summed E-state index contributed by atoms with van der Waals surface area (Å²) in [5.41, 5.74) is 0.109. The van der Waals surface area contributed by atoms with E-state index in [1.165, 1.54) is 12.1 Å². The van der Waals surface area contributed by atoms with Crippen LogP contribution in [0.25, 0.3) is 0 Å². The molecule has 0 bridgehead atoms. The summed E-state index contributed by atoms with van der Waals surface area (Å²) in [5, 5.41) is 0. The highest BCUT2D eigenvalue weighted by molar-refractivity contribution is 5.96. The maximum atomic E-state index is 13.7. The molecule has 0 unspecified atom stereocenters. The lowest BCUT2D eigenvalue weighted by Crippen LogP contribution is -2.00. The molecule has 0 saturated carbocycles. The highest BCUT2D eigenvalue weighted by Gasteiger charge is 2.10. The van der Waals surface area contributed by atoms with Crippen LogP contribution in [0.3, 0.4) is 0 Å². The first kappa shape index (κ1) is 12.3. The molecule has 2 nitrogen and oxygen atoms in total. The molecule has 0 radical (unpaired) electrons. The minimum Gasteiger partial charge on any atom is -0.457 e. The minimum atomic E-state index is -0.546. The average molecular weight is 244 g/mol. The fourth-order valence-electron chi connectivity index (χ4n) is 1.60. The number of ether oxygens (including phenoxy) is 1. The van der Waals surface area contributed by atoms with Crippen molar-refractivity contribution in [1.29, 1.82) is 0 Å². The van der Waals surface area contributed by atoms with Crippen LogP contribution in [0.1, 0.15) is 23.7 Å². The van der Waals surface area contributed by atoms with Crippen molar-refractivity contribution in [2.24, 2.45) is 0 Å². The van der Waals surface area contributed by atoms with E-state index in [9.17, 15) is 9.18 Å². The van der Waals surface area contributed by atoms with E-state index in [4.69, 9.17) is 4.74 Å². The Balaban J connectivity index is 2.22. The van der Waals surface area contributed by atoms with E-state index < -0.39 is 5.82 Å². The number of rotatable bonds is 4. The van der Waals surface area contributed by atoms with Gasteiger partial charge in [0.15, 0.2) is 5.78 Å². The van der Waals surface area contributed by atoms with Crippen molar-refractivity contribution in [2.75, 3.05) is 0 Å². The van der Waals surface area contributed by atoms with Crippen LogP contribution in [0.15, 0.2) is 48.5 Å². The van der Waals surface area contributed by atoms with Crippen LogP contribution >= 0.6 is 0 Å².